The molecule has 102 valence electrons. The van der Waals surface area contributed by atoms with Gasteiger partial charge in [-0.15, -0.1) is 0 Å². The lowest BCUT2D eigenvalue weighted by atomic mass is 10.2. The predicted molar refractivity (Wildman–Crippen MR) is 67.7 cm³/mol. The number of benzene rings is 1. The number of hydrogen-bond donors (Lipinski definition) is 4. The molecule has 1 amide bonds. The van der Waals surface area contributed by atoms with Crippen molar-refractivity contribution < 1.29 is 19.4 Å². The summed E-state index contributed by atoms with van der Waals surface area (Å²) in [7, 11) is 0. The number of rotatable bonds is 6. The zero-order valence-corrected chi connectivity index (χ0v) is 10.1. The number of nitrogens with one attached hydrogen (secondary N) is 2. The molecule has 0 aliphatic carbocycles. The fourth-order valence-corrected chi connectivity index (χ4v) is 1.33. The maximum Gasteiger partial charge on any atom is 0.408 e. The third-order valence-electron chi connectivity index (χ3n) is 2.23. The van der Waals surface area contributed by atoms with E-state index in [1.165, 1.54) is 0 Å². The van der Waals surface area contributed by atoms with Gasteiger partial charge in [-0.05, 0) is 5.56 Å². The molecule has 1 atom stereocenters. The van der Waals surface area contributed by atoms with Crippen LogP contribution in [0.2, 0.25) is 0 Å². The minimum atomic E-state index is -1.27. The van der Waals surface area contributed by atoms with E-state index in [1.807, 2.05) is 6.07 Å². The van der Waals surface area contributed by atoms with Gasteiger partial charge in [0.15, 0.2) is 0 Å². The molecular formula is C12H15N3O4. The summed E-state index contributed by atoms with van der Waals surface area (Å²) in [4.78, 5) is 22.2. The first-order valence-electron chi connectivity index (χ1n) is 5.52. The Hall–Kier alpha value is -2.57. The molecule has 7 heteroatoms. The van der Waals surface area contributed by atoms with Gasteiger partial charge in [0, 0.05) is 6.42 Å². The first-order chi connectivity index (χ1) is 8.99. The highest BCUT2D eigenvalue weighted by molar-refractivity contribution is 5.87. The van der Waals surface area contributed by atoms with Crippen LogP contribution in [-0.4, -0.2) is 29.0 Å². The van der Waals surface area contributed by atoms with Gasteiger partial charge in [0.2, 0.25) is 0 Å². The zero-order chi connectivity index (χ0) is 14.3. The van der Waals surface area contributed by atoms with Gasteiger partial charge >= 0.3 is 12.1 Å². The summed E-state index contributed by atoms with van der Waals surface area (Å²) < 4.78 is 4.87. The minimum Gasteiger partial charge on any atom is -0.480 e. The van der Waals surface area contributed by atoms with E-state index < -0.39 is 18.1 Å². The van der Waals surface area contributed by atoms with Gasteiger partial charge in [0.1, 0.15) is 12.6 Å². The molecule has 5 N–H and O–H groups in total. The molecule has 0 aliphatic rings. The molecule has 1 rings (SSSR count). The summed E-state index contributed by atoms with van der Waals surface area (Å²) in [5.74, 6) is -1.59. The van der Waals surface area contributed by atoms with Gasteiger partial charge < -0.3 is 20.9 Å². The topological polar surface area (TPSA) is 126 Å². The Morgan fingerprint density at radius 2 is 2.00 bits per heavy atom. The average Bonchev–Trinajstić information content (AvgIpc) is 2.36. The first kappa shape index (κ1) is 14.5. The highest BCUT2D eigenvalue weighted by Gasteiger charge is 2.21. The lowest BCUT2D eigenvalue weighted by molar-refractivity contribution is -0.139. The van der Waals surface area contributed by atoms with E-state index >= 15 is 0 Å². The Morgan fingerprint density at radius 1 is 1.37 bits per heavy atom. The standard InChI is InChI=1S/C12H15N3O4/c13-10(14)6-9(11(16)17)15-12(18)19-7-8-4-2-1-3-5-8/h1-5,9H,6-7H2,(H3,13,14)(H,15,18)(H,16,17). The molecule has 0 aromatic heterocycles. The molecule has 0 spiro atoms. The number of amides is 1. The van der Waals surface area contributed by atoms with Crippen molar-refractivity contribution in [1.29, 1.82) is 5.41 Å². The van der Waals surface area contributed by atoms with Crippen LogP contribution in [0, 0.1) is 5.41 Å². The van der Waals surface area contributed by atoms with E-state index in [0.29, 0.717) is 0 Å². The van der Waals surface area contributed by atoms with Crippen LogP contribution >= 0.6 is 0 Å². The van der Waals surface area contributed by atoms with E-state index in [1.54, 1.807) is 24.3 Å². The number of carboxylic acids is 1. The van der Waals surface area contributed by atoms with E-state index in [-0.39, 0.29) is 18.9 Å². The maximum atomic E-state index is 11.4. The van der Waals surface area contributed by atoms with Crippen LogP contribution in [0.5, 0.6) is 0 Å². The quantitative estimate of drug-likeness (QED) is 0.445. The highest BCUT2D eigenvalue weighted by Crippen LogP contribution is 2.01. The number of amidine groups is 1. The normalized spacial score (nSPS) is 11.4. The number of ether oxygens (including phenoxy) is 1. The molecule has 0 fully saturated rings. The molecule has 1 unspecified atom stereocenters. The van der Waals surface area contributed by atoms with Crippen LogP contribution in [0.4, 0.5) is 4.79 Å². The van der Waals surface area contributed by atoms with Crippen molar-refractivity contribution >= 4 is 17.9 Å². The fourth-order valence-electron chi connectivity index (χ4n) is 1.33. The van der Waals surface area contributed by atoms with E-state index in [0.717, 1.165) is 5.56 Å². The van der Waals surface area contributed by atoms with Crippen molar-refractivity contribution in [2.75, 3.05) is 0 Å². The van der Waals surface area contributed by atoms with Crippen molar-refractivity contribution in [3.63, 3.8) is 0 Å². The number of aliphatic carboxylic acids is 1. The molecule has 0 saturated carbocycles. The number of carboxylic acid groups (broad SMARTS) is 1. The van der Waals surface area contributed by atoms with Crippen molar-refractivity contribution in [3.05, 3.63) is 35.9 Å². The summed E-state index contributed by atoms with van der Waals surface area (Å²) >= 11 is 0. The SMILES string of the molecule is N=C(N)CC(NC(=O)OCc1ccccc1)C(=O)O. The molecule has 7 nitrogen and oxygen atoms in total. The number of nitrogens with two attached hydrogens (primary N) is 1. The summed E-state index contributed by atoms with van der Waals surface area (Å²) in [5, 5.41) is 18.0. The molecule has 0 bridgehead atoms. The van der Waals surface area contributed by atoms with Crippen molar-refractivity contribution in [2.45, 2.75) is 19.1 Å². The lowest BCUT2D eigenvalue weighted by Crippen LogP contribution is -2.43. The zero-order valence-electron chi connectivity index (χ0n) is 10.1. The van der Waals surface area contributed by atoms with Gasteiger partial charge in [-0.25, -0.2) is 9.59 Å². The maximum absolute atomic E-state index is 11.4. The third-order valence-corrected chi connectivity index (χ3v) is 2.23. The average molecular weight is 265 g/mol. The van der Waals surface area contributed by atoms with Crippen molar-refractivity contribution in [2.24, 2.45) is 5.73 Å². The van der Waals surface area contributed by atoms with Crippen LogP contribution < -0.4 is 11.1 Å². The highest BCUT2D eigenvalue weighted by atomic mass is 16.5. The monoisotopic (exact) mass is 265 g/mol. The molecule has 19 heavy (non-hydrogen) atoms. The smallest absolute Gasteiger partial charge is 0.408 e. The molecule has 0 aliphatic heterocycles. The Kier molecular flexibility index (Phi) is 5.34. The Morgan fingerprint density at radius 3 is 2.53 bits per heavy atom. The van der Waals surface area contributed by atoms with E-state index in [4.69, 9.17) is 21.0 Å². The van der Waals surface area contributed by atoms with Gasteiger partial charge in [-0.2, -0.15) is 0 Å². The fraction of sp³-hybridized carbons (Fsp3) is 0.250. The predicted octanol–water partition coefficient (Wildman–Crippen LogP) is 0.692. The van der Waals surface area contributed by atoms with Gasteiger partial charge in [-0.3, -0.25) is 5.41 Å². The van der Waals surface area contributed by atoms with Gasteiger partial charge in [-0.1, -0.05) is 30.3 Å². The second-order valence-corrected chi connectivity index (χ2v) is 3.83. The first-order valence-corrected chi connectivity index (χ1v) is 5.52. The minimum absolute atomic E-state index is 0.0408. The Balaban J connectivity index is 2.45. The van der Waals surface area contributed by atoms with E-state index in [9.17, 15) is 9.59 Å². The van der Waals surface area contributed by atoms with Crippen LogP contribution in [0.15, 0.2) is 30.3 Å². The Bertz CT molecular complexity index is 461. The van der Waals surface area contributed by atoms with E-state index in [2.05, 4.69) is 5.32 Å². The molecule has 1 aromatic rings. The third kappa shape index (κ3) is 5.53. The summed E-state index contributed by atoms with van der Waals surface area (Å²) in [5.41, 5.74) is 5.89. The molecule has 0 radical (unpaired) electrons. The number of carbonyl (C=O) groups excluding carboxylic acids is 1. The number of hydrogen-bond acceptors (Lipinski definition) is 4. The van der Waals surface area contributed by atoms with Crippen molar-refractivity contribution in [1.82, 2.24) is 5.32 Å². The van der Waals surface area contributed by atoms with Crippen LogP contribution in [0.3, 0.4) is 0 Å². The molecule has 1 aromatic carbocycles. The second-order valence-electron chi connectivity index (χ2n) is 3.83. The molecule has 0 heterocycles. The lowest BCUT2D eigenvalue weighted by Gasteiger charge is -2.13. The van der Waals surface area contributed by atoms with Crippen LogP contribution in [0.1, 0.15) is 12.0 Å². The van der Waals surface area contributed by atoms with Crippen molar-refractivity contribution in [3.8, 4) is 0 Å². The van der Waals surface area contributed by atoms with Crippen LogP contribution in [-0.2, 0) is 16.1 Å². The largest absolute Gasteiger partial charge is 0.480 e. The summed E-state index contributed by atoms with van der Waals surface area (Å²) in [6, 6.07) is 7.71. The van der Waals surface area contributed by atoms with Gasteiger partial charge in [0.25, 0.3) is 0 Å². The summed E-state index contributed by atoms with van der Waals surface area (Å²) in [6.45, 7) is 0.0408. The number of carbonyl (C=O) groups is 2. The summed E-state index contributed by atoms with van der Waals surface area (Å²) in [6.07, 6.45) is -1.13. The molecule has 0 saturated heterocycles. The molecular weight excluding hydrogens is 250 g/mol. The Labute approximate surface area is 109 Å². The number of alkyl carbamates (subject to hydrolysis) is 1. The van der Waals surface area contributed by atoms with Crippen LogP contribution in [0.25, 0.3) is 0 Å². The van der Waals surface area contributed by atoms with Gasteiger partial charge in [0.05, 0.1) is 5.84 Å². The second kappa shape index (κ2) is 7.00.